The Hall–Kier alpha value is -2.71. The van der Waals surface area contributed by atoms with Gasteiger partial charge in [0.2, 0.25) is 0 Å². The number of rotatable bonds is 5. The molecule has 0 aliphatic carbocycles. The molecule has 3 rings (SSSR count). The molecule has 0 atom stereocenters. The Morgan fingerprint density at radius 1 is 0.920 bits per heavy atom. The van der Waals surface area contributed by atoms with Crippen LogP contribution in [0.5, 0.6) is 0 Å². The quantitative estimate of drug-likeness (QED) is 0.705. The molecule has 9 heteroatoms. The van der Waals surface area contributed by atoms with Crippen LogP contribution in [0.4, 0.5) is 21.7 Å². The summed E-state index contributed by atoms with van der Waals surface area (Å²) in [6.45, 7) is 0. The second-order valence-electron chi connectivity index (χ2n) is 5.00. The monoisotopic (exact) mass is 378 g/mol. The Bertz CT molecular complexity index is 980. The van der Waals surface area contributed by atoms with Gasteiger partial charge in [-0.05, 0) is 54.6 Å². The number of hydrogen-bond donors (Lipinski definition) is 2. The number of hydrogen-bond acceptors (Lipinski definition) is 5. The molecular weight excluding hydrogens is 367 g/mol. The average molecular weight is 379 g/mol. The summed E-state index contributed by atoms with van der Waals surface area (Å²) in [6, 6.07) is 14.6. The molecule has 2 N–H and O–H groups in total. The molecule has 6 nitrogen and oxygen atoms in total. The Morgan fingerprint density at radius 3 is 2.24 bits per heavy atom. The van der Waals surface area contributed by atoms with Crippen LogP contribution < -0.4 is 10.0 Å². The van der Waals surface area contributed by atoms with Crippen molar-refractivity contribution in [2.24, 2.45) is 0 Å². The van der Waals surface area contributed by atoms with E-state index in [4.69, 9.17) is 11.6 Å². The van der Waals surface area contributed by atoms with E-state index in [1.165, 1.54) is 48.5 Å². The van der Waals surface area contributed by atoms with Crippen LogP contribution in [-0.4, -0.2) is 18.6 Å². The van der Waals surface area contributed by atoms with Gasteiger partial charge in [0.15, 0.2) is 11.6 Å². The van der Waals surface area contributed by atoms with Crippen molar-refractivity contribution >= 4 is 38.9 Å². The van der Waals surface area contributed by atoms with Crippen molar-refractivity contribution in [3.05, 3.63) is 71.5 Å². The molecular formula is C16H12ClFN4O2S. The van der Waals surface area contributed by atoms with Crippen molar-refractivity contribution in [2.75, 3.05) is 10.0 Å². The highest BCUT2D eigenvalue weighted by Crippen LogP contribution is 2.19. The Labute approximate surface area is 148 Å². The van der Waals surface area contributed by atoms with Crippen LogP contribution in [0.25, 0.3) is 0 Å². The number of aromatic nitrogens is 2. The van der Waals surface area contributed by atoms with E-state index >= 15 is 0 Å². The minimum atomic E-state index is -3.79. The zero-order chi connectivity index (χ0) is 17.9. The predicted molar refractivity (Wildman–Crippen MR) is 94.0 cm³/mol. The summed E-state index contributed by atoms with van der Waals surface area (Å²) in [4.78, 5) is 0.0562. The summed E-state index contributed by atoms with van der Waals surface area (Å²) in [5.41, 5.74) is 0.504. The molecule has 0 amide bonds. The lowest BCUT2D eigenvalue weighted by Crippen LogP contribution is -2.14. The van der Waals surface area contributed by atoms with Crippen LogP contribution in [0.15, 0.2) is 65.6 Å². The minimum Gasteiger partial charge on any atom is -0.339 e. The van der Waals surface area contributed by atoms with Crippen molar-refractivity contribution < 1.29 is 12.8 Å². The number of nitrogens with zero attached hydrogens (tertiary/aromatic N) is 2. The second-order valence-corrected chi connectivity index (χ2v) is 7.12. The van der Waals surface area contributed by atoms with Crippen molar-refractivity contribution in [1.82, 2.24) is 10.2 Å². The first-order valence-electron chi connectivity index (χ1n) is 7.07. The summed E-state index contributed by atoms with van der Waals surface area (Å²) < 4.78 is 40.0. The third-order valence-electron chi connectivity index (χ3n) is 3.12. The Morgan fingerprint density at radius 2 is 1.60 bits per heavy atom. The number of nitrogens with one attached hydrogen (secondary N) is 2. The maximum Gasteiger partial charge on any atom is 0.263 e. The van der Waals surface area contributed by atoms with Gasteiger partial charge in [0, 0.05) is 10.7 Å². The molecule has 0 aliphatic rings. The third-order valence-corrected chi connectivity index (χ3v) is 4.75. The van der Waals surface area contributed by atoms with Crippen LogP contribution >= 0.6 is 11.6 Å². The smallest absolute Gasteiger partial charge is 0.263 e. The molecule has 0 fully saturated rings. The van der Waals surface area contributed by atoms with Gasteiger partial charge < -0.3 is 5.32 Å². The first-order chi connectivity index (χ1) is 11.9. The fourth-order valence-electron chi connectivity index (χ4n) is 1.98. The van der Waals surface area contributed by atoms with Crippen molar-refractivity contribution in [3.63, 3.8) is 0 Å². The van der Waals surface area contributed by atoms with E-state index in [1.54, 1.807) is 12.1 Å². The normalized spacial score (nSPS) is 11.1. The van der Waals surface area contributed by atoms with Gasteiger partial charge >= 0.3 is 0 Å². The van der Waals surface area contributed by atoms with E-state index in [9.17, 15) is 12.8 Å². The van der Waals surface area contributed by atoms with Gasteiger partial charge in [0.25, 0.3) is 10.0 Å². The molecule has 0 saturated heterocycles. The molecule has 25 heavy (non-hydrogen) atoms. The lowest BCUT2D eigenvalue weighted by atomic mass is 10.3. The van der Waals surface area contributed by atoms with Gasteiger partial charge in [-0.15, -0.1) is 10.2 Å². The van der Waals surface area contributed by atoms with Gasteiger partial charge in [-0.2, -0.15) is 0 Å². The Kier molecular flexibility index (Phi) is 4.82. The lowest BCUT2D eigenvalue weighted by molar-refractivity contribution is 0.601. The molecule has 128 valence electrons. The molecule has 0 aliphatic heterocycles. The summed E-state index contributed by atoms with van der Waals surface area (Å²) in [5.74, 6) is 0.0186. The van der Waals surface area contributed by atoms with Crippen molar-refractivity contribution in [3.8, 4) is 0 Å². The van der Waals surface area contributed by atoms with Gasteiger partial charge in [-0.1, -0.05) is 17.7 Å². The highest BCUT2D eigenvalue weighted by atomic mass is 35.5. The standard InChI is InChI=1S/C16H12ClFN4O2S/c17-11-4-6-14(7-5-11)25(23,24)22-16-9-8-15(20-21-16)19-13-3-1-2-12(18)10-13/h1-10H,(H,19,20)(H,21,22). The first-order valence-corrected chi connectivity index (χ1v) is 8.93. The topological polar surface area (TPSA) is 84.0 Å². The second kappa shape index (κ2) is 7.04. The summed E-state index contributed by atoms with van der Waals surface area (Å²) in [6.07, 6.45) is 0. The largest absolute Gasteiger partial charge is 0.339 e. The summed E-state index contributed by atoms with van der Waals surface area (Å²) in [7, 11) is -3.79. The maximum absolute atomic E-state index is 13.1. The zero-order valence-corrected chi connectivity index (χ0v) is 14.2. The molecule has 0 unspecified atom stereocenters. The van der Waals surface area contributed by atoms with E-state index in [0.717, 1.165) is 0 Å². The molecule has 1 aromatic heterocycles. The average Bonchev–Trinajstić information content (AvgIpc) is 2.57. The van der Waals surface area contributed by atoms with Gasteiger partial charge in [-0.25, -0.2) is 12.8 Å². The van der Waals surface area contributed by atoms with Crippen LogP contribution in [0.3, 0.4) is 0 Å². The van der Waals surface area contributed by atoms with Crippen molar-refractivity contribution in [2.45, 2.75) is 4.90 Å². The molecule has 3 aromatic rings. The van der Waals surface area contributed by atoms with Gasteiger partial charge in [0.1, 0.15) is 5.82 Å². The maximum atomic E-state index is 13.1. The van der Waals surface area contributed by atoms with E-state index in [2.05, 4.69) is 20.2 Å². The van der Waals surface area contributed by atoms with E-state index in [-0.39, 0.29) is 16.5 Å². The number of halogens is 2. The number of anilines is 3. The molecule has 0 spiro atoms. The third kappa shape index (κ3) is 4.43. The predicted octanol–water partition coefficient (Wildman–Crippen LogP) is 3.81. The minimum absolute atomic E-state index is 0.0553. The number of benzene rings is 2. The zero-order valence-electron chi connectivity index (χ0n) is 12.6. The molecule has 0 bridgehead atoms. The van der Waals surface area contributed by atoms with Gasteiger partial charge in [0.05, 0.1) is 4.90 Å². The fourth-order valence-corrected chi connectivity index (χ4v) is 3.10. The highest BCUT2D eigenvalue weighted by Gasteiger charge is 2.15. The Balaban J connectivity index is 1.73. The lowest BCUT2D eigenvalue weighted by Gasteiger charge is -2.08. The fraction of sp³-hybridized carbons (Fsp3) is 0. The first kappa shape index (κ1) is 17.1. The van der Waals surface area contributed by atoms with Gasteiger partial charge in [-0.3, -0.25) is 4.72 Å². The van der Waals surface area contributed by atoms with Crippen LogP contribution in [0.2, 0.25) is 5.02 Å². The summed E-state index contributed by atoms with van der Waals surface area (Å²) >= 11 is 5.75. The van der Waals surface area contributed by atoms with Crippen LogP contribution in [0, 0.1) is 5.82 Å². The van der Waals surface area contributed by atoms with Crippen molar-refractivity contribution in [1.29, 1.82) is 0 Å². The van der Waals surface area contributed by atoms with E-state index in [0.29, 0.717) is 16.5 Å². The van der Waals surface area contributed by atoms with E-state index in [1.807, 2.05) is 0 Å². The molecule has 2 aromatic carbocycles. The molecule has 0 radical (unpaired) electrons. The molecule has 0 saturated carbocycles. The molecule has 1 heterocycles. The number of sulfonamides is 1. The highest BCUT2D eigenvalue weighted by molar-refractivity contribution is 7.92. The van der Waals surface area contributed by atoms with E-state index < -0.39 is 10.0 Å². The van der Waals surface area contributed by atoms with Crippen LogP contribution in [-0.2, 0) is 10.0 Å². The summed E-state index contributed by atoms with van der Waals surface area (Å²) in [5, 5.41) is 11.0. The SMILES string of the molecule is O=S(=O)(Nc1ccc(Nc2cccc(F)c2)nn1)c1ccc(Cl)cc1. The van der Waals surface area contributed by atoms with Crippen LogP contribution in [0.1, 0.15) is 0 Å².